The molecule has 2 unspecified atom stereocenters. The minimum Gasteiger partial charge on any atom is -0.381 e. The highest BCUT2D eigenvalue weighted by Crippen LogP contribution is 2.38. The molecule has 2 aliphatic rings. The summed E-state index contributed by atoms with van der Waals surface area (Å²) in [5.41, 5.74) is 0.495. The first kappa shape index (κ1) is 16.3. The molecule has 118 valence electrons. The van der Waals surface area contributed by atoms with Crippen LogP contribution in [0.4, 0.5) is 0 Å². The average molecular weight is 282 g/mol. The fourth-order valence-corrected chi connectivity index (χ4v) is 3.91. The molecule has 0 amide bonds. The molecule has 1 N–H and O–H groups in total. The Morgan fingerprint density at radius 3 is 2.55 bits per heavy atom. The van der Waals surface area contributed by atoms with Gasteiger partial charge in [0, 0.05) is 31.3 Å². The fourth-order valence-electron chi connectivity index (χ4n) is 3.91. The van der Waals surface area contributed by atoms with Crippen LogP contribution in [0.25, 0.3) is 0 Å². The van der Waals surface area contributed by atoms with E-state index >= 15 is 0 Å². The molecule has 0 radical (unpaired) electrons. The van der Waals surface area contributed by atoms with Gasteiger partial charge in [0.25, 0.3) is 0 Å². The summed E-state index contributed by atoms with van der Waals surface area (Å²) in [7, 11) is 2.35. The third-order valence-electron chi connectivity index (χ3n) is 5.30. The summed E-state index contributed by atoms with van der Waals surface area (Å²) in [4.78, 5) is 2.68. The molecule has 3 heteroatoms. The molecule has 2 atom stereocenters. The average Bonchev–Trinajstić information content (AvgIpc) is 2.45. The van der Waals surface area contributed by atoms with E-state index in [0.29, 0.717) is 23.5 Å². The van der Waals surface area contributed by atoms with E-state index in [1.807, 2.05) is 0 Å². The van der Waals surface area contributed by atoms with E-state index in [-0.39, 0.29) is 0 Å². The van der Waals surface area contributed by atoms with Gasteiger partial charge in [-0.25, -0.2) is 0 Å². The van der Waals surface area contributed by atoms with Gasteiger partial charge < -0.3 is 10.1 Å². The molecule has 1 aliphatic heterocycles. The number of rotatable bonds is 5. The first-order valence-corrected chi connectivity index (χ1v) is 8.56. The van der Waals surface area contributed by atoms with Crippen molar-refractivity contribution in [3.63, 3.8) is 0 Å². The third-order valence-corrected chi connectivity index (χ3v) is 5.30. The minimum absolute atomic E-state index is 0.495. The Hall–Kier alpha value is -0.120. The maximum absolute atomic E-state index is 5.53. The Morgan fingerprint density at radius 2 is 1.90 bits per heavy atom. The maximum atomic E-state index is 5.53. The Labute approximate surface area is 125 Å². The summed E-state index contributed by atoms with van der Waals surface area (Å²) >= 11 is 0. The molecule has 0 aromatic carbocycles. The van der Waals surface area contributed by atoms with Gasteiger partial charge in [0.15, 0.2) is 0 Å². The second kappa shape index (κ2) is 7.24. The van der Waals surface area contributed by atoms with Crippen molar-refractivity contribution in [1.82, 2.24) is 10.2 Å². The van der Waals surface area contributed by atoms with Crippen molar-refractivity contribution in [2.75, 3.05) is 26.8 Å². The van der Waals surface area contributed by atoms with Gasteiger partial charge in [-0.1, -0.05) is 20.8 Å². The lowest BCUT2D eigenvalue weighted by Gasteiger charge is -2.48. The van der Waals surface area contributed by atoms with Gasteiger partial charge >= 0.3 is 0 Å². The van der Waals surface area contributed by atoms with Crippen molar-refractivity contribution in [2.45, 2.75) is 77.4 Å². The van der Waals surface area contributed by atoms with E-state index in [2.05, 4.69) is 38.0 Å². The predicted molar refractivity (Wildman–Crippen MR) is 85.1 cm³/mol. The molecule has 0 aromatic heterocycles. The van der Waals surface area contributed by atoms with E-state index in [1.165, 1.54) is 38.5 Å². The normalized spacial score (nSPS) is 31.6. The van der Waals surface area contributed by atoms with Gasteiger partial charge in [-0.2, -0.15) is 0 Å². The molecular formula is C17H34N2O. The highest BCUT2D eigenvalue weighted by molar-refractivity contribution is 4.95. The summed E-state index contributed by atoms with van der Waals surface area (Å²) < 4.78 is 5.53. The van der Waals surface area contributed by atoms with E-state index in [4.69, 9.17) is 4.74 Å². The lowest BCUT2D eigenvalue weighted by atomic mass is 9.72. The van der Waals surface area contributed by atoms with Gasteiger partial charge in [-0.15, -0.1) is 0 Å². The molecule has 1 aliphatic carbocycles. The van der Waals surface area contributed by atoms with Crippen molar-refractivity contribution >= 4 is 0 Å². The van der Waals surface area contributed by atoms with Gasteiger partial charge in [0.2, 0.25) is 0 Å². The Balaban J connectivity index is 2.00. The maximum Gasteiger partial charge on any atom is 0.0480 e. The Morgan fingerprint density at radius 1 is 1.20 bits per heavy atom. The molecule has 3 nitrogen and oxygen atoms in total. The number of nitrogens with zero attached hydrogens (tertiary/aromatic N) is 1. The van der Waals surface area contributed by atoms with Crippen LogP contribution in [0.2, 0.25) is 0 Å². The highest BCUT2D eigenvalue weighted by Gasteiger charge is 2.38. The van der Waals surface area contributed by atoms with Crippen LogP contribution in [0.15, 0.2) is 0 Å². The van der Waals surface area contributed by atoms with Crippen molar-refractivity contribution in [2.24, 2.45) is 5.41 Å². The molecule has 0 aromatic rings. The standard InChI is InChI=1S/C17H34N2O/c1-5-10-18-15-6-9-17(2,3)13-16(15)19(4)14-7-11-20-12-8-14/h14-16,18H,5-13H2,1-4H3. The zero-order chi connectivity index (χ0) is 14.6. The molecule has 20 heavy (non-hydrogen) atoms. The second-order valence-electron chi connectivity index (χ2n) is 7.54. The monoisotopic (exact) mass is 282 g/mol. The molecule has 2 fully saturated rings. The quantitative estimate of drug-likeness (QED) is 0.839. The smallest absolute Gasteiger partial charge is 0.0480 e. The van der Waals surface area contributed by atoms with Crippen molar-refractivity contribution in [3.8, 4) is 0 Å². The fraction of sp³-hybridized carbons (Fsp3) is 1.00. The zero-order valence-corrected chi connectivity index (χ0v) is 14.0. The summed E-state index contributed by atoms with van der Waals surface area (Å²) in [6, 6.07) is 2.08. The molecule has 1 saturated carbocycles. The number of hydrogen-bond acceptors (Lipinski definition) is 3. The first-order chi connectivity index (χ1) is 9.53. The topological polar surface area (TPSA) is 24.5 Å². The van der Waals surface area contributed by atoms with E-state index in [1.54, 1.807) is 0 Å². The highest BCUT2D eigenvalue weighted by atomic mass is 16.5. The van der Waals surface area contributed by atoms with Gasteiger partial charge in [-0.05, 0) is 57.5 Å². The summed E-state index contributed by atoms with van der Waals surface area (Å²) in [5, 5.41) is 3.81. The molecular weight excluding hydrogens is 248 g/mol. The largest absolute Gasteiger partial charge is 0.381 e. The Kier molecular flexibility index (Phi) is 5.88. The van der Waals surface area contributed by atoms with Crippen molar-refractivity contribution in [1.29, 1.82) is 0 Å². The van der Waals surface area contributed by atoms with Crippen LogP contribution in [0.3, 0.4) is 0 Å². The predicted octanol–water partition coefficient (Wildman–Crippen LogP) is 3.04. The first-order valence-electron chi connectivity index (χ1n) is 8.56. The zero-order valence-electron chi connectivity index (χ0n) is 14.0. The molecule has 1 heterocycles. The lowest BCUT2D eigenvalue weighted by molar-refractivity contribution is -0.00122. The van der Waals surface area contributed by atoms with E-state index in [9.17, 15) is 0 Å². The summed E-state index contributed by atoms with van der Waals surface area (Å²) in [6.45, 7) is 10.2. The molecule has 0 spiro atoms. The van der Waals surface area contributed by atoms with E-state index < -0.39 is 0 Å². The molecule has 1 saturated heterocycles. The van der Waals surface area contributed by atoms with Crippen molar-refractivity contribution in [3.05, 3.63) is 0 Å². The van der Waals surface area contributed by atoms with E-state index in [0.717, 1.165) is 19.8 Å². The number of hydrogen-bond donors (Lipinski definition) is 1. The number of likely N-dealkylation sites (N-methyl/N-ethyl adjacent to an activating group) is 1. The third kappa shape index (κ3) is 4.19. The van der Waals surface area contributed by atoms with Crippen LogP contribution in [-0.4, -0.2) is 49.8 Å². The molecule has 2 rings (SSSR count). The van der Waals surface area contributed by atoms with Crippen LogP contribution < -0.4 is 5.32 Å². The summed E-state index contributed by atoms with van der Waals surface area (Å²) in [5.74, 6) is 0. The van der Waals surface area contributed by atoms with Crippen LogP contribution >= 0.6 is 0 Å². The van der Waals surface area contributed by atoms with Gasteiger partial charge in [-0.3, -0.25) is 4.90 Å². The second-order valence-corrected chi connectivity index (χ2v) is 7.54. The number of nitrogens with one attached hydrogen (secondary N) is 1. The van der Waals surface area contributed by atoms with Crippen LogP contribution in [-0.2, 0) is 4.74 Å². The van der Waals surface area contributed by atoms with Gasteiger partial charge in [0.1, 0.15) is 0 Å². The Bertz CT molecular complexity index is 287. The van der Waals surface area contributed by atoms with Crippen LogP contribution in [0.1, 0.15) is 59.3 Å². The lowest BCUT2D eigenvalue weighted by Crippen LogP contribution is -2.57. The van der Waals surface area contributed by atoms with Crippen molar-refractivity contribution < 1.29 is 4.74 Å². The minimum atomic E-state index is 0.495. The molecule has 0 bridgehead atoms. The van der Waals surface area contributed by atoms with Gasteiger partial charge in [0.05, 0.1) is 0 Å². The van der Waals surface area contributed by atoms with Crippen LogP contribution in [0, 0.1) is 5.41 Å². The summed E-state index contributed by atoms with van der Waals surface area (Å²) in [6.07, 6.45) is 7.63. The van der Waals surface area contributed by atoms with Crippen LogP contribution in [0.5, 0.6) is 0 Å². The SMILES string of the molecule is CCCNC1CCC(C)(C)CC1N(C)C1CCOCC1. The number of ether oxygens (including phenoxy) is 1.